The van der Waals surface area contributed by atoms with Gasteiger partial charge in [-0.3, -0.25) is 4.79 Å². The van der Waals surface area contributed by atoms with E-state index in [0.29, 0.717) is 23.8 Å². The van der Waals surface area contributed by atoms with Crippen molar-refractivity contribution in [3.05, 3.63) is 17.5 Å². The number of hydrogen-bond acceptors (Lipinski definition) is 6. The van der Waals surface area contributed by atoms with Crippen LogP contribution in [0.25, 0.3) is 0 Å². The van der Waals surface area contributed by atoms with Crippen LogP contribution in [-0.4, -0.2) is 53.0 Å². The van der Waals surface area contributed by atoms with Crippen LogP contribution in [0.15, 0.2) is 6.20 Å². The van der Waals surface area contributed by atoms with Crippen LogP contribution in [0.3, 0.4) is 0 Å². The average molecular weight is 278 g/mol. The number of amides is 1. The van der Waals surface area contributed by atoms with Crippen LogP contribution in [0.5, 0.6) is 0 Å². The molecule has 1 aromatic rings. The summed E-state index contributed by atoms with van der Waals surface area (Å²) in [6, 6.07) is -0.298. The number of hydrogen-bond donors (Lipinski definition) is 1. The van der Waals surface area contributed by atoms with Crippen LogP contribution in [-0.2, 0) is 9.53 Å². The molecule has 0 aromatic carbocycles. The second-order valence-corrected chi connectivity index (χ2v) is 4.66. The quantitative estimate of drug-likeness (QED) is 0.812. The smallest absolute Gasteiger partial charge is 0.341 e. The number of aromatic nitrogens is 2. The van der Waals surface area contributed by atoms with Gasteiger partial charge in [0.05, 0.1) is 17.9 Å². The summed E-state index contributed by atoms with van der Waals surface area (Å²) in [6.07, 6.45) is 2.14. The van der Waals surface area contributed by atoms with Crippen molar-refractivity contribution < 1.29 is 14.3 Å². The van der Waals surface area contributed by atoms with Crippen molar-refractivity contribution in [1.82, 2.24) is 14.9 Å². The fourth-order valence-electron chi connectivity index (χ4n) is 2.06. The second-order valence-electron chi connectivity index (χ2n) is 4.66. The number of ether oxygens (including phenoxy) is 1. The molecule has 0 aliphatic carbocycles. The van der Waals surface area contributed by atoms with E-state index < -0.39 is 5.97 Å². The maximum atomic E-state index is 11.8. The monoisotopic (exact) mass is 278 g/mol. The highest BCUT2D eigenvalue weighted by Crippen LogP contribution is 2.14. The molecule has 7 nitrogen and oxygen atoms in total. The number of nitrogens with zero attached hydrogens (tertiary/aromatic N) is 3. The summed E-state index contributed by atoms with van der Waals surface area (Å²) in [4.78, 5) is 33.4. The first kappa shape index (κ1) is 14.2. The summed E-state index contributed by atoms with van der Waals surface area (Å²) < 4.78 is 4.91. The molecule has 1 aromatic heterocycles. The summed E-state index contributed by atoms with van der Waals surface area (Å²) >= 11 is 0. The topological polar surface area (TPSA) is 84.4 Å². The third kappa shape index (κ3) is 2.87. The number of nitrogens with one attached hydrogen (secondary N) is 1. The molecule has 1 fully saturated rings. The maximum absolute atomic E-state index is 11.8. The van der Waals surface area contributed by atoms with Crippen molar-refractivity contribution in [2.45, 2.75) is 26.3 Å². The van der Waals surface area contributed by atoms with E-state index in [0.717, 1.165) is 13.0 Å². The standard InChI is InChI=1S/C13H18N4O3/c1-4-20-12(19)9-7-14-13(15-8(9)2)16-10-5-6-17(3)11(10)18/h7,10H,4-6H2,1-3H3,(H,14,15,16). The van der Waals surface area contributed by atoms with Gasteiger partial charge >= 0.3 is 5.97 Å². The number of aryl methyl sites for hydroxylation is 1. The van der Waals surface area contributed by atoms with Gasteiger partial charge in [-0.25, -0.2) is 14.8 Å². The Balaban J connectivity index is 2.09. The van der Waals surface area contributed by atoms with Gasteiger partial charge in [0.25, 0.3) is 0 Å². The molecule has 0 spiro atoms. The van der Waals surface area contributed by atoms with E-state index in [-0.39, 0.29) is 11.9 Å². The lowest BCUT2D eigenvalue weighted by Crippen LogP contribution is -2.31. The fraction of sp³-hybridized carbons (Fsp3) is 0.538. The molecule has 1 atom stereocenters. The van der Waals surface area contributed by atoms with E-state index in [1.54, 1.807) is 25.8 Å². The molecule has 1 N–H and O–H groups in total. The first-order chi connectivity index (χ1) is 9.52. The summed E-state index contributed by atoms with van der Waals surface area (Å²) in [5.41, 5.74) is 0.868. The Labute approximate surface area is 117 Å². The molecule has 2 rings (SSSR count). The summed E-state index contributed by atoms with van der Waals surface area (Å²) in [5, 5.41) is 2.99. The van der Waals surface area contributed by atoms with E-state index in [1.807, 2.05) is 0 Å². The Bertz CT molecular complexity index is 532. The molecular formula is C13H18N4O3. The third-order valence-corrected chi connectivity index (χ3v) is 3.21. The van der Waals surface area contributed by atoms with Gasteiger partial charge in [0, 0.05) is 19.8 Å². The SMILES string of the molecule is CCOC(=O)c1cnc(NC2CCN(C)C2=O)nc1C. The largest absolute Gasteiger partial charge is 0.462 e. The zero-order valence-corrected chi connectivity index (χ0v) is 11.8. The lowest BCUT2D eigenvalue weighted by atomic mass is 10.2. The molecule has 0 saturated carbocycles. The lowest BCUT2D eigenvalue weighted by Gasteiger charge is -2.13. The van der Waals surface area contributed by atoms with Crippen LogP contribution in [0.2, 0.25) is 0 Å². The predicted molar refractivity (Wildman–Crippen MR) is 72.4 cm³/mol. The fourth-order valence-corrected chi connectivity index (χ4v) is 2.06. The zero-order chi connectivity index (χ0) is 14.7. The van der Waals surface area contributed by atoms with Gasteiger partial charge < -0.3 is 15.0 Å². The Morgan fingerprint density at radius 2 is 2.35 bits per heavy atom. The van der Waals surface area contributed by atoms with Crippen LogP contribution in [0.4, 0.5) is 5.95 Å². The van der Waals surface area contributed by atoms with Crippen LogP contribution >= 0.6 is 0 Å². The predicted octanol–water partition coefficient (Wildman–Crippen LogP) is 0.604. The zero-order valence-electron chi connectivity index (χ0n) is 11.8. The minimum absolute atomic E-state index is 0.0284. The van der Waals surface area contributed by atoms with Crippen LogP contribution in [0, 0.1) is 6.92 Å². The molecule has 108 valence electrons. The highest BCUT2D eigenvalue weighted by molar-refractivity contribution is 5.90. The van der Waals surface area contributed by atoms with Crippen molar-refractivity contribution in [3.8, 4) is 0 Å². The van der Waals surface area contributed by atoms with Crippen LogP contribution < -0.4 is 5.32 Å². The molecule has 0 radical (unpaired) electrons. The minimum Gasteiger partial charge on any atom is -0.462 e. The molecular weight excluding hydrogens is 260 g/mol. The highest BCUT2D eigenvalue weighted by Gasteiger charge is 2.29. The van der Waals surface area contributed by atoms with Crippen molar-refractivity contribution in [2.24, 2.45) is 0 Å². The minimum atomic E-state index is -0.437. The Morgan fingerprint density at radius 1 is 1.60 bits per heavy atom. The van der Waals surface area contributed by atoms with E-state index in [9.17, 15) is 9.59 Å². The molecule has 20 heavy (non-hydrogen) atoms. The normalized spacial score (nSPS) is 18.2. The first-order valence-electron chi connectivity index (χ1n) is 6.55. The van der Waals surface area contributed by atoms with Gasteiger partial charge in [-0.1, -0.05) is 0 Å². The van der Waals surface area contributed by atoms with Gasteiger partial charge in [0.1, 0.15) is 6.04 Å². The first-order valence-corrected chi connectivity index (χ1v) is 6.55. The highest BCUT2D eigenvalue weighted by atomic mass is 16.5. The second kappa shape index (κ2) is 5.85. The van der Waals surface area contributed by atoms with Crippen molar-refractivity contribution >= 4 is 17.8 Å². The number of anilines is 1. The number of carbonyl (C=O) groups excluding carboxylic acids is 2. The molecule has 1 saturated heterocycles. The van der Waals surface area contributed by atoms with Crippen molar-refractivity contribution in [3.63, 3.8) is 0 Å². The summed E-state index contributed by atoms with van der Waals surface area (Å²) in [6.45, 7) is 4.48. The number of likely N-dealkylation sites (tertiary alicyclic amines) is 1. The molecule has 0 bridgehead atoms. The van der Waals surface area contributed by atoms with Gasteiger partial charge in [0.2, 0.25) is 11.9 Å². The molecule has 1 amide bonds. The Kier molecular flexibility index (Phi) is 4.16. The molecule has 1 aliphatic rings. The Morgan fingerprint density at radius 3 is 2.90 bits per heavy atom. The number of carbonyl (C=O) groups is 2. The van der Waals surface area contributed by atoms with E-state index in [2.05, 4.69) is 15.3 Å². The number of esters is 1. The lowest BCUT2D eigenvalue weighted by molar-refractivity contribution is -0.127. The Hall–Kier alpha value is -2.18. The van der Waals surface area contributed by atoms with E-state index in [1.165, 1.54) is 6.20 Å². The molecule has 1 unspecified atom stereocenters. The van der Waals surface area contributed by atoms with Gasteiger partial charge in [0.15, 0.2) is 0 Å². The summed E-state index contributed by atoms with van der Waals surface area (Å²) in [5.74, 6) is -0.0573. The van der Waals surface area contributed by atoms with Gasteiger partial charge in [-0.2, -0.15) is 0 Å². The molecule has 7 heteroatoms. The van der Waals surface area contributed by atoms with Crippen molar-refractivity contribution in [1.29, 1.82) is 0 Å². The van der Waals surface area contributed by atoms with Crippen molar-refractivity contribution in [2.75, 3.05) is 25.5 Å². The summed E-state index contributed by atoms with van der Waals surface area (Å²) in [7, 11) is 1.76. The third-order valence-electron chi connectivity index (χ3n) is 3.21. The molecule has 2 heterocycles. The number of rotatable bonds is 4. The molecule has 1 aliphatic heterocycles. The maximum Gasteiger partial charge on any atom is 0.341 e. The van der Waals surface area contributed by atoms with E-state index in [4.69, 9.17) is 4.74 Å². The number of likely N-dealkylation sites (N-methyl/N-ethyl adjacent to an activating group) is 1. The van der Waals surface area contributed by atoms with Crippen LogP contribution in [0.1, 0.15) is 29.4 Å². The van der Waals surface area contributed by atoms with E-state index >= 15 is 0 Å². The van der Waals surface area contributed by atoms with Gasteiger partial charge in [-0.15, -0.1) is 0 Å². The average Bonchev–Trinajstić information content (AvgIpc) is 2.71. The van der Waals surface area contributed by atoms with Gasteiger partial charge in [-0.05, 0) is 20.3 Å².